The molecule has 0 bridgehead atoms. The molecular weight excluding hydrogens is 316 g/mol. The van der Waals surface area contributed by atoms with Gasteiger partial charge in [-0.1, -0.05) is 0 Å². The Hall–Kier alpha value is -2.67. The van der Waals surface area contributed by atoms with Crippen LogP contribution in [-0.2, 0) is 7.05 Å². The van der Waals surface area contributed by atoms with Gasteiger partial charge in [-0.15, -0.1) is 0 Å². The lowest BCUT2D eigenvalue weighted by molar-refractivity contribution is 0.0945. The van der Waals surface area contributed by atoms with Crippen molar-refractivity contribution < 1.29 is 4.79 Å². The molecule has 1 amide bonds. The number of rotatable bonds is 4. The third kappa shape index (κ3) is 3.28. The van der Waals surface area contributed by atoms with Crippen molar-refractivity contribution >= 4 is 16.8 Å². The molecule has 1 saturated heterocycles. The largest absolute Gasteiger partial charge is 0.352 e. The number of nitrogens with one attached hydrogen (secondary N) is 3. The van der Waals surface area contributed by atoms with E-state index in [9.17, 15) is 4.79 Å². The normalized spacial score (nSPS) is 17.7. The third-order valence-electron chi connectivity index (χ3n) is 4.75. The fourth-order valence-electron chi connectivity index (χ4n) is 3.36. The van der Waals surface area contributed by atoms with E-state index < -0.39 is 0 Å². The monoisotopic (exact) mass is 338 g/mol. The number of carbonyl (C=O) groups is 1. The van der Waals surface area contributed by atoms with Crippen LogP contribution in [-0.4, -0.2) is 45.5 Å². The van der Waals surface area contributed by atoms with Crippen molar-refractivity contribution in [2.45, 2.75) is 12.8 Å². The summed E-state index contributed by atoms with van der Waals surface area (Å²) in [6.45, 7) is 2.77. The van der Waals surface area contributed by atoms with Crippen molar-refractivity contribution in [3.63, 3.8) is 0 Å². The van der Waals surface area contributed by atoms with E-state index in [4.69, 9.17) is 0 Å². The summed E-state index contributed by atoms with van der Waals surface area (Å²) in [4.78, 5) is 12.5. The summed E-state index contributed by atoms with van der Waals surface area (Å²) in [5.74, 6) is 0.479. The first-order valence-electron chi connectivity index (χ1n) is 8.67. The molecule has 25 heavy (non-hydrogen) atoms. The molecule has 4 rings (SSSR count). The first kappa shape index (κ1) is 15.8. The minimum atomic E-state index is -0.0363. The molecule has 0 radical (unpaired) electrons. The van der Waals surface area contributed by atoms with Crippen LogP contribution in [0, 0.1) is 5.92 Å². The quantitative estimate of drug-likeness (QED) is 0.675. The third-order valence-corrected chi connectivity index (χ3v) is 4.75. The Morgan fingerprint density at radius 2 is 2.36 bits per heavy atom. The summed E-state index contributed by atoms with van der Waals surface area (Å²) in [6, 6.07) is 5.64. The average Bonchev–Trinajstić information content (AvgIpc) is 3.25. The van der Waals surface area contributed by atoms with E-state index in [2.05, 4.69) is 25.9 Å². The van der Waals surface area contributed by atoms with Gasteiger partial charge in [0.1, 0.15) is 5.69 Å². The second-order valence-electron chi connectivity index (χ2n) is 6.66. The molecule has 1 aliphatic rings. The van der Waals surface area contributed by atoms with Gasteiger partial charge in [0.15, 0.2) is 0 Å². The number of benzene rings is 1. The van der Waals surface area contributed by atoms with Gasteiger partial charge in [-0.05, 0) is 50.0 Å². The number of aryl methyl sites for hydroxylation is 1. The molecule has 3 N–H and O–H groups in total. The van der Waals surface area contributed by atoms with Gasteiger partial charge in [-0.2, -0.15) is 10.2 Å². The minimum Gasteiger partial charge on any atom is -0.352 e. The first-order chi connectivity index (χ1) is 12.2. The zero-order chi connectivity index (χ0) is 17.2. The van der Waals surface area contributed by atoms with Crippen LogP contribution in [0.4, 0.5) is 0 Å². The van der Waals surface area contributed by atoms with Crippen LogP contribution in [0.3, 0.4) is 0 Å². The molecule has 7 nitrogen and oxygen atoms in total. The predicted octanol–water partition coefficient (Wildman–Crippen LogP) is 1.69. The van der Waals surface area contributed by atoms with Gasteiger partial charge in [0.2, 0.25) is 0 Å². The van der Waals surface area contributed by atoms with E-state index in [1.165, 1.54) is 12.8 Å². The highest BCUT2D eigenvalue weighted by molar-refractivity contribution is 6.01. The maximum absolute atomic E-state index is 12.5. The summed E-state index contributed by atoms with van der Waals surface area (Å²) in [7, 11) is 1.87. The Labute approximate surface area is 145 Å². The van der Waals surface area contributed by atoms with Crippen LogP contribution < -0.4 is 10.6 Å². The summed E-state index contributed by atoms with van der Waals surface area (Å²) >= 11 is 0. The van der Waals surface area contributed by atoms with Crippen molar-refractivity contribution in [3.05, 3.63) is 36.2 Å². The highest BCUT2D eigenvalue weighted by atomic mass is 16.1. The SMILES string of the molecule is Cn1cc(-c2n[nH]c3ccc(C(=O)NCC4CCCNC4)cc23)cn1. The summed E-state index contributed by atoms with van der Waals surface area (Å²) in [5.41, 5.74) is 3.31. The Balaban J connectivity index is 1.54. The van der Waals surface area contributed by atoms with Gasteiger partial charge in [-0.3, -0.25) is 14.6 Å². The molecule has 1 aromatic carbocycles. The summed E-state index contributed by atoms with van der Waals surface area (Å²) in [5, 5.41) is 19.0. The minimum absolute atomic E-state index is 0.0363. The molecule has 1 atom stereocenters. The number of aromatic nitrogens is 4. The Bertz CT molecular complexity index is 890. The van der Waals surface area contributed by atoms with Crippen LogP contribution in [0.15, 0.2) is 30.6 Å². The van der Waals surface area contributed by atoms with E-state index in [0.29, 0.717) is 18.0 Å². The van der Waals surface area contributed by atoms with E-state index in [1.807, 2.05) is 31.4 Å². The fraction of sp³-hybridized carbons (Fsp3) is 0.389. The predicted molar refractivity (Wildman–Crippen MR) is 96.2 cm³/mol. The molecule has 3 heterocycles. The van der Waals surface area contributed by atoms with Crippen LogP contribution in [0.1, 0.15) is 23.2 Å². The van der Waals surface area contributed by atoms with Crippen molar-refractivity contribution in [3.8, 4) is 11.3 Å². The van der Waals surface area contributed by atoms with E-state index in [-0.39, 0.29) is 5.91 Å². The average molecular weight is 338 g/mol. The van der Waals surface area contributed by atoms with E-state index in [1.54, 1.807) is 10.9 Å². The van der Waals surface area contributed by atoms with E-state index >= 15 is 0 Å². The van der Waals surface area contributed by atoms with Crippen molar-refractivity contribution in [2.24, 2.45) is 13.0 Å². The van der Waals surface area contributed by atoms with Crippen molar-refractivity contribution in [1.82, 2.24) is 30.6 Å². The van der Waals surface area contributed by atoms with Crippen LogP contribution in [0.25, 0.3) is 22.2 Å². The highest BCUT2D eigenvalue weighted by Gasteiger charge is 2.16. The Kier molecular flexibility index (Phi) is 4.23. The molecule has 3 aromatic rings. The molecule has 1 fully saturated rings. The molecule has 1 unspecified atom stereocenters. The molecular formula is C18H22N6O. The van der Waals surface area contributed by atoms with Gasteiger partial charge >= 0.3 is 0 Å². The standard InChI is InChI=1S/C18H22N6O/c1-24-11-14(10-21-24)17-15-7-13(4-5-16(15)22-23-17)18(25)20-9-12-3-2-6-19-8-12/h4-5,7,10-12,19H,2-3,6,8-9H2,1H3,(H,20,25)(H,22,23). The summed E-state index contributed by atoms with van der Waals surface area (Å²) < 4.78 is 1.74. The molecule has 0 saturated carbocycles. The number of hydrogen-bond donors (Lipinski definition) is 3. The molecule has 0 spiro atoms. The van der Waals surface area contributed by atoms with E-state index in [0.717, 1.165) is 35.2 Å². The van der Waals surface area contributed by atoms with Crippen molar-refractivity contribution in [1.29, 1.82) is 0 Å². The summed E-state index contributed by atoms with van der Waals surface area (Å²) in [6.07, 6.45) is 6.03. The number of aromatic amines is 1. The lowest BCUT2D eigenvalue weighted by atomic mass is 9.99. The Morgan fingerprint density at radius 1 is 1.44 bits per heavy atom. The number of carbonyl (C=O) groups excluding carboxylic acids is 1. The Morgan fingerprint density at radius 3 is 3.12 bits per heavy atom. The highest BCUT2D eigenvalue weighted by Crippen LogP contribution is 2.26. The fourth-order valence-corrected chi connectivity index (χ4v) is 3.36. The van der Waals surface area contributed by atoms with Gasteiger partial charge in [-0.25, -0.2) is 0 Å². The lowest BCUT2D eigenvalue weighted by Crippen LogP contribution is -2.38. The van der Waals surface area contributed by atoms with Crippen molar-refractivity contribution in [2.75, 3.05) is 19.6 Å². The number of fused-ring (bicyclic) bond motifs is 1. The number of H-pyrrole nitrogens is 1. The zero-order valence-corrected chi connectivity index (χ0v) is 14.2. The number of piperidine rings is 1. The van der Waals surface area contributed by atoms with Gasteiger partial charge < -0.3 is 10.6 Å². The van der Waals surface area contributed by atoms with Gasteiger partial charge in [0, 0.05) is 36.3 Å². The first-order valence-corrected chi connectivity index (χ1v) is 8.67. The molecule has 0 aliphatic carbocycles. The van der Waals surface area contributed by atoms with Crippen LogP contribution >= 0.6 is 0 Å². The molecule has 7 heteroatoms. The second kappa shape index (κ2) is 6.68. The van der Waals surface area contributed by atoms with Crippen LogP contribution in [0.2, 0.25) is 0 Å². The lowest BCUT2D eigenvalue weighted by Gasteiger charge is -2.22. The maximum Gasteiger partial charge on any atom is 0.251 e. The number of hydrogen-bond acceptors (Lipinski definition) is 4. The zero-order valence-electron chi connectivity index (χ0n) is 14.2. The van der Waals surface area contributed by atoms with Gasteiger partial charge in [0.05, 0.1) is 11.7 Å². The number of amides is 1. The topological polar surface area (TPSA) is 87.6 Å². The maximum atomic E-state index is 12.5. The van der Waals surface area contributed by atoms with Crippen LogP contribution in [0.5, 0.6) is 0 Å². The molecule has 2 aromatic heterocycles. The molecule has 1 aliphatic heterocycles. The molecule has 130 valence electrons. The second-order valence-corrected chi connectivity index (χ2v) is 6.66. The van der Waals surface area contributed by atoms with Gasteiger partial charge in [0.25, 0.3) is 5.91 Å². The smallest absolute Gasteiger partial charge is 0.251 e. The number of nitrogens with zero attached hydrogens (tertiary/aromatic N) is 3.